The molecule has 36 heavy (non-hydrogen) atoms. The highest BCUT2D eigenvalue weighted by Gasteiger charge is 2.12. The number of carbonyl (C=O) groups is 3. The predicted molar refractivity (Wildman–Crippen MR) is 141 cm³/mol. The van der Waals surface area contributed by atoms with Crippen molar-refractivity contribution in [3.05, 3.63) is 101 Å². The Balaban J connectivity index is 0.000000678. The average molecular weight is 491 g/mol. The molecule has 0 radical (unpaired) electrons. The maximum Gasteiger partial charge on any atom is 0.322 e. The van der Waals surface area contributed by atoms with E-state index in [1.165, 1.54) is 0 Å². The van der Waals surface area contributed by atoms with Gasteiger partial charge in [-0.2, -0.15) is 0 Å². The monoisotopic (exact) mass is 490 g/mol. The molecule has 3 rings (SSSR count). The first kappa shape index (κ1) is 28.3. The van der Waals surface area contributed by atoms with Crippen LogP contribution in [0, 0.1) is 6.92 Å². The average Bonchev–Trinajstić information content (AvgIpc) is 3.31. The number of carbonyl (C=O) groups excluding carboxylic acids is 2. The summed E-state index contributed by atoms with van der Waals surface area (Å²) in [6, 6.07) is 18.0. The third-order valence-corrected chi connectivity index (χ3v) is 5.15. The molecule has 0 bridgehead atoms. The molecule has 0 aliphatic rings. The number of benzene rings is 2. The second kappa shape index (κ2) is 13.2. The highest BCUT2D eigenvalue weighted by Crippen LogP contribution is 2.13. The highest BCUT2D eigenvalue weighted by atomic mass is 16.5. The number of allylic oxidation sites excluding steroid dienone is 1. The standard InChI is InChI=1S/C24H22N2O4.C5H12O/c1-17-9-11-19(12-10-17)23(29)21-8-4-14-26(21)13-3-6-18-5-2-7-20(15-18)24(30)25-16-22(27)28;1-5(2,3)6-4/h2-12,14-15H,13,16H2,1H3,(H,25,30)(H,27,28);1-4H3/b6-3+;. The Morgan fingerprint density at radius 3 is 2.28 bits per heavy atom. The number of carboxylic acid groups (broad SMARTS) is 1. The summed E-state index contributed by atoms with van der Waals surface area (Å²) < 4.78 is 6.80. The van der Waals surface area contributed by atoms with E-state index in [2.05, 4.69) is 5.32 Å². The molecular formula is C29H34N2O5. The van der Waals surface area contributed by atoms with Crippen LogP contribution in [0.15, 0.2) is 72.9 Å². The molecule has 2 N–H and O–H groups in total. The lowest BCUT2D eigenvalue weighted by Crippen LogP contribution is -2.29. The summed E-state index contributed by atoms with van der Waals surface area (Å²) >= 11 is 0. The molecule has 7 nitrogen and oxygen atoms in total. The maximum absolute atomic E-state index is 12.8. The molecule has 0 saturated carbocycles. The number of aromatic nitrogens is 1. The van der Waals surface area contributed by atoms with Crippen molar-refractivity contribution in [2.75, 3.05) is 13.7 Å². The number of nitrogens with zero attached hydrogens (tertiary/aromatic N) is 1. The molecular weight excluding hydrogens is 456 g/mol. The summed E-state index contributed by atoms with van der Waals surface area (Å²) in [5, 5.41) is 11.0. The van der Waals surface area contributed by atoms with Crippen LogP contribution in [0.5, 0.6) is 0 Å². The van der Waals surface area contributed by atoms with Crippen LogP contribution in [0.4, 0.5) is 0 Å². The number of ketones is 1. The number of nitrogens with one attached hydrogen (secondary N) is 1. The number of hydrogen-bond donors (Lipinski definition) is 2. The Labute approximate surface area is 212 Å². The quantitative estimate of drug-likeness (QED) is 0.434. The zero-order valence-corrected chi connectivity index (χ0v) is 21.4. The van der Waals surface area contributed by atoms with E-state index in [1.54, 1.807) is 31.4 Å². The molecule has 1 heterocycles. The largest absolute Gasteiger partial charge is 0.480 e. The summed E-state index contributed by atoms with van der Waals surface area (Å²) in [6.07, 6.45) is 5.61. The minimum Gasteiger partial charge on any atom is -0.480 e. The summed E-state index contributed by atoms with van der Waals surface area (Å²) in [4.78, 5) is 35.4. The van der Waals surface area contributed by atoms with Crippen molar-refractivity contribution < 1.29 is 24.2 Å². The van der Waals surface area contributed by atoms with Crippen LogP contribution in [0.1, 0.15) is 58.3 Å². The van der Waals surface area contributed by atoms with Gasteiger partial charge in [-0.25, -0.2) is 0 Å². The fourth-order valence-electron chi connectivity index (χ4n) is 2.98. The molecule has 0 unspecified atom stereocenters. The second-order valence-corrected chi connectivity index (χ2v) is 9.16. The predicted octanol–water partition coefficient (Wildman–Crippen LogP) is 4.99. The summed E-state index contributed by atoms with van der Waals surface area (Å²) in [5.74, 6) is -1.57. The lowest BCUT2D eigenvalue weighted by atomic mass is 10.1. The van der Waals surface area contributed by atoms with Gasteiger partial charge in [0, 0.05) is 31.0 Å². The number of carboxylic acids is 1. The lowest BCUT2D eigenvalue weighted by Gasteiger charge is -2.14. The van der Waals surface area contributed by atoms with Gasteiger partial charge in [-0.15, -0.1) is 0 Å². The summed E-state index contributed by atoms with van der Waals surface area (Å²) in [6.45, 7) is 8.11. The Morgan fingerprint density at radius 1 is 1.00 bits per heavy atom. The Morgan fingerprint density at radius 2 is 1.67 bits per heavy atom. The van der Waals surface area contributed by atoms with Crippen LogP contribution in [0.25, 0.3) is 6.08 Å². The van der Waals surface area contributed by atoms with E-state index in [0.29, 0.717) is 23.4 Å². The van der Waals surface area contributed by atoms with E-state index in [9.17, 15) is 14.4 Å². The first-order valence-electron chi connectivity index (χ1n) is 11.6. The molecule has 0 aliphatic carbocycles. The van der Waals surface area contributed by atoms with Crippen molar-refractivity contribution in [2.45, 2.75) is 39.8 Å². The molecule has 0 atom stereocenters. The fourth-order valence-corrected chi connectivity index (χ4v) is 2.98. The molecule has 3 aromatic rings. The van der Waals surface area contributed by atoms with E-state index in [4.69, 9.17) is 9.84 Å². The van der Waals surface area contributed by atoms with Gasteiger partial charge < -0.3 is 19.7 Å². The Bertz CT molecular complexity index is 1200. The minimum atomic E-state index is -1.10. The summed E-state index contributed by atoms with van der Waals surface area (Å²) in [7, 11) is 1.71. The van der Waals surface area contributed by atoms with Crippen molar-refractivity contribution in [3.63, 3.8) is 0 Å². The smallest absolute Gasteiger partial charge is 0.322 e. The van der Waals surface area contributed by atoms with Gasteiger partial charge in [0.1, 0.15) is 6.54 Å². The number of aryl methyl sites for hydroxylation is 1. The SMILES string of the molecule is COC(C)(C)C.Cc1ccc(C(=O)c2cccn2C/C=C/c2cccc(C(=O)NCC(=O)O)c2)cc1. The number of methoxy groups -OCH3 is 1. The van der Waals surface area contributed by atoms with Crippen LogP contribution in [-0.2, 0) is 16.1 Å². The first-order chi connectivity index (χ1) is 17.0. The van der Waals surface area contributed by atoms with Crippen molar-refractivity contribution in [2.24, 2.45) is 0 Å². The third kappa shape index (κ3) is 9.35. The van der Waals surface area contributed by atoms with Crippen molar-refractivity contribution >= 4 is 23.7 Å². The first-order valence-corrected chi connectivity index (χ1v) is 11.6. The normalized spacial score (nSPS) is 11.0. The zero-order chi connectivity index (χ0) is 26.7. The molecule has 0 saturated heterocycles. The number of aliphatic carboxylic acids is 1. The van der Waals surface area contributed by atoms with Crippen molar-refractivity contribution in [1.82, 2.24) is 9.88 Å². The molecule has 1 aromatic heterocycles. The Kier molecular flexibility index (Phi) is 10.4. The zero-order valence-electron chi connectivity index (χ0n) is 21.4. The van der Waals surface area contributed by atoms with Crippen molar-refractivity contribution in [3.8, 4) is 0 Å². The number of ether oxygens (including phenoxy) is 1. The number of amides is 1. The van der Waals surface area contributed by atoms with Gasteiger partial charge in [-0.3, -0.25) is 14.4 Å². The van der Waals surface area contributed by atoms with Gasteiger partial charge in [0.25, 0.3) is 5.91 Å². The van der Waals surface area contributed by atoms with E-state index < -0.39 is 18.4 Å². The van der Waals surface area contributed by atoms with Crippen LogP contribution < -0.4 is 5.32 Å². The van der Waals surface area contributed by atoms with E-state index in [-0.39, 0.29) is 11.4 Å². The maximum atomic E-state index is 12.8. The van der Waals surface area contributed by atoms with Crippen LogP contribution >= 0.6 is 0 Å². The van der Waals surface area contributed by atoms with Gasteiger partial charge >= 0.3 is 5.97 Å². The van der Waals surface area contributed by atoms with Crippen LogP contribution in [0.3, 0.4) is 0 Å². The molecule has 190 valence electrons. The molecule has 1 amide bonds. The van der Waals surface area contributed by atoms with Crippen LogP contribution in [-0.4, -0.2) is 46.6 Å². The Hall–Kier alpha value is -3.97. The molecule has 0 aliphatic heterocycles. The van der Waals surface area contributed by atoms with Gasteiger partial charge in [0.2, 0.25) is 5.78 Å². The van der Waals surface area contributed by atoms with Gasteiger partial charge in [0.05, 0.1) is 11.3 Å². The third-order valence-electron chi connectivity index (χ3n) is 5.15. The second-order valence-electron chi connectivity index (χ2n) is 9.16. The van der Waals surface area contributed by atoms with Gasteiger partial charge in [-0.05, 0) is 57.5 Å². The van der Waals surface area contributed by atoms with E-state index in [0.717, 1.165) is 11.1 Å². The summed E-state index contributed by atoms with van der Waals surface area (Å²) in [5.41, 5.74) is 3.57. The van der Waals surface area contributed by atoms with Crippen molar-refractivity contribution in [1.29, 1.82) is 0 Å². The number of hydrogen-bond acceptors (Lipinski definition) is 4. The minimum absolute atomic E-state index is 0.0366. The molecule has 7 heteroatoms. The topological polar surface area (TPSA) is 97.6 Å². The van der Waals surface area contributed by atoms with E-state index in [1.807, 2.05) is 87.0 Å². The number of rotatable bonds is 8. The highest BCUT2D eigenvalue weighted by molar-refractivity contribution is 6.08. The van der Waals surface area contributed by atoms with Crippen LogP contribution in [0.2, 0.25) is 0 Å². The molecule has 0 spiro atoms. The molecule has 0 fully saturated rings. The van der Waals surface area contributed by atoms with Gasteiger partial charge in [0.15, 0.2) is 0 Å². The molecule has 2 aromatic carbocycles. The van der Waals surface area contributed by atoms with E-state index >= 15 is 0 Å². The van der Waals surface area contributed by atoms with Gasteiger partial charge in [-0.1, -0.05) is 54.1 Å². The fraction of sp³-hybridized carbons (Fsp3) is 0.276. The lowest BCUT2D eigenvalue weighted by molar-refractivity contribution is -0.135.